The summed E-state index contributed by atoms with van der Waals surface area (Å²) in [4.78, 5) is 58.8. The number of hydrogen-bond donors (Lipinski definition) is 3. The number of para-hydroxylation sites is 1. The van der Waals surface area contributed by atoms with Crippen molar-refractivity contribution in [3.8, 4) is 5.82 Å². The van der Waals surface area contributed by atoms with Gasteiger partial charge in [-0.2, -0.15) is 9.78 Å². The number of nitrogens with one attached hydrogen (secondary N) is 3. The van der Waals surface area contributed by atoms with E-state index in [1.54, 1.807) is 24.3 Å². The molecule has 3 N–H and O–H groups in total. The molecule has 6 heterocycles. The van der Waals surface area contributed by atoms with Crippen molar-refractivity contribution < 1.29 is 14.4 Å². The maximum Gasteiger partial charge on any atom is 0.243 e. The maximum atomic E-state index is 14.4. The largest absolute Gasteiger partial charge is 0.350 e. The lowest BCUT2D eigenvalue weighted by molar-refractivity contribution is -0.128. The fourth-order valence-electron chi connectivity index (χ4n) is 5.62. The molecule has 5 aromatic rings. The Morgan fingerprint density at radius 2 is 2.03 bits per heavy atom. The van der Waals surface area contributed by atoms with E-state index in [0.717, 1.165) is 4.88 Å². The fraction of sp³-hybridized carbons (Fsp3) is 0.192. The number of carbonyl (C=O) groups is 3. The number of H-pyrrole nitrogens is 1. The van der Waals surface area contributed by atoms with Crippen molar-refractivity contribution in [3.63, 3.8) is 0 Å². The number of nitrogens with zero attached hydrogens (tertiary/aromatic N) is 6. The second-order valence-electron chi connectivity index (χ2n) is 9.41. The summed E-state index contributed by atoms with van der Waals surface area (Å²) in [6, 6.07) is 11.2. The molecule has 0 radical (unpaired) electrons. The molecule has 2 aliphatic heterocycles. The number of aryl methyl sites for hydroxylation is 1. The van der Waals surface area contributed by atoms with E-state index in [1.807, 2.05) is 35.7 Å². The van der Waals surface area contributed by atoms with Crippen LogP contribution in [0.2, 0.25) is 0 Å². The average molecular weight is 540 g/mol. The number of benzene rings is 1. The van der Waals surface area contributed by atoms with E-state index in [2.05, 4.69) is 30.6 Å². The number of hydrogen-bond acceptors (Lipinski definition) is 8. The minimum absolute atomic E-state index is 0.112. The fourth-order valence-corrected chi connectivity index (χ4v) is 6.26. The van der Waals surface area contributed by atoms with Crippen LogP contribution in [-0.4, -0.2) is 54.0 Å². The number of anilines is 2. The highest BCUT2D eigenvalue weighted by Gasteiger charge is 2.58. The Morgan fingerprint density at radius 3 is 2.87 bits per heavy atom. The Morgan fingerprint density at radius 1 is 1.15 bits per heavy atom. The van der Waals surface area contributed by atoms with E-state index in [1.165, 1.54) is 22.2 Å². The zero-order chi connectivity index (χ0) is 26.7. The van der Waals surface area contributed by atoms with E-state index in [0.29, 0.717) is 51.9 Å². The highest BCUT2D eigenvalue weighted by molar-refractivity contribution is 7.09. The highest BCUT2D eigenvalue weighted by atomic mass is 32.1. The molecule has 1 aromatic carbocycles. The monoisotopic (exact) mass is 539 g/mol. The topological polar surface area (TPSA) is 151 Å². The lowest BCUT2D eigenvalue weighted by Crippen LogP contribution is -2.49. The van der Waals surface area contributed by atoms with Gasteiger partial charge in [0.05, 0.1) is 18.6 Å². The summed E-state index contributed by atoms with van der Waals surface area (Å²) in [6.45, 7) is 2.00. The summed E-state index contributed by atoms with van der Waals surface area (Å²) in [6.07, 6.45) is 2.76. The van der Waals surface area contributed by atoms with Gasteiger partial charge < -0.3 is 20.5 Å². The van der Waals surface area contributed by atoms with Crippen molar-refractivity contribution in [2.24, 2.45) is 0 Å². The zero-order valence-electron chi connectivity index (χ0n) is 20.6. The molecule has 1 spiro atoms. The van der Waals surface area contributed by atoms with Crippen LogP contribution in [0.4, 0.5) is 11.5 Å². The molecule has 3 amide bonds. The highest BCUT2D eigenvalue weighted by Crippen LogP contribution is 2.53. The van der Waals surface area contributed by atoms with Crippen LogP contribution in [0.15, 0.2) is 54.4 Å². The van der Waals surface area contributed by atoms with Gasteiger partial charge in [0.2, 0.25) is 17.7 Å². The molecule has 0 saturated carbocycles. The number of aromatic amines is 1. The minimum Gasteiger partial charge on any atom is -0.350 e. The first kappa shape index (κ1) is 23.2. The normalized spacial score (nSPS) is 17.9. The van der Waals surface area contributed by atoms with E-state index in [9.17, 15) is 14.4 Å². The summed E-state index contributed by atoms with van der Waals surface area (Å²) in [7, 11) is 0. The van der Waals surface area contributed by atoms with E-state index in [4.69, 9.17) is 5.10 Å². The molecule has 39 heavy (non-hydrogen) atoms. The summed E-state index contributed by atoms with van der Waals surface area (Å²) < 4.78 is 1.51. The van der Waals surface area contributed by atoms with Crippen LogP contribution >= 0.6 is 11.3 Å². The lowest BCUT2D eigenvalue weighted by atomic mass is 9.70. The molecule has 0 unspecified atom stereocenters. The van der Waals surface area contributed by atoms with Gasteiger partial charge in [-0.05, 0) is 30.0 Å². The molecule has 2 aliphatic rings. The third kappa shape index (κ3) is 3.39. The van der Waals surface area contributed by atoms with Gasteiger partial charge >= 0.3 is 0 Å². The van der Waals surface area contributed by atoms with Gasteiger partial charge in [0, 0.05) is 22.5 Å². The SMILES string of the molecule is Cc1nn(-c2ncnc3nc[nH]c23)c2c1[C@@]1(CC(=O)N2)C(=O)N(CC(=O)NCc2cccs2)c2ccccc21. The molecule has 0 aliphatic carbocycles. The van der Waals surface area contributed by atoms with Gasteiger partial charge in [0.25, 0.3) is 0 Å². The quantitative estimate of drug-likeness (QED) is 0.310. The summed E-state index contributed by atoms with van der Waals surface area (Å²) in [5.41, 5.74) is 2.04. The van der Waals surface area contributed by atoms with Crippen LogP contribution in [0.25, 0.3) is 17.0 Å². The first-order valence-corrected chi connectivity index (χ1v) is 13.1. The summed E-state index contributed by atoms with van der Waals surface area (Å²) >= 11 is 1.55. The number of thiophene rings is 1. The molecule has 0 saturated heterocycles. The molecule has 1 atom stereocenters. The van der Waals surface area contributed by atoms with Crippen LogP contribution in [0.1, 0.15) is 28.1 Å². The van der Waals surface area contributed by atoms with Gasteiger partial charge in [-0.3, -0.25) is 14.4 Å². The Bertz CT molecular complexity index is 1790. The van der Waals surface area contributed by atoms with Crippen LogP contribution in [0.3, 0.4) is 0 Å². The summed E-state index contributed by atoms with van der Waals surface area (Å²) in [5, 5.41) is 12.5. The number of fused-ring (bicyclic) bond motifs is 5. The van der Waals surface area contributed by atoms with Crippen LogP contribution in [-0.2, 0) is 26.3 Å². The standard InChI is InChI=1S/C26H21N9O3S/c1-14-20-23(35(33-14)24-21-22(29-12-28-21)30-13-31-24)32-18(36)9-26(20)16-6-2-3-7-17(16)34(25(26)38)11-19(37)27-10-15-5-4-8-39-15/h2-8,12-13H,9-11H2,1H3,(H,27,37)(H,32,36)(H,28,29,30,31)/t26-/m0/s1. The maximum absolute atomic E-state index is 14.4. The van der Waals surface area contributed by atoms with Crippen molar-refractivity contribution in [3.05, 3.63) is 76.1 Å². The van der Waals surface area contributed by atoms with Crippen molar-refractivity contribution >= 4 is 51.7 Å². The van der Waals surface area contributed by atoms with Gasteiger partial charge in [-0.1, -0.05) is 24.3 Å². The Labute approximate surface area is 225 Å². The number of carbonyl (C=O) groups excluding carboxylic acids is 3. The smallest absolute Gasteiger partial charge is 0.243 e. The molecule has 4 aromatic heterocycles. The first-order valence-electron chi connectivity index (χ1n) is 12.2. The van der Waals surface area contributed by atoms with E-state index < -0.39 is 5.41 Å². The zero-order valence-corrected chi connectivity index (χ0v) is 21.5. The van der Waals surface area contributed by atoms with E-state index in [-0.39, 0.29) is 30.7 Å². The van der Waals surface area contributed by atoms with Crippen molar-refractivity contribution in [2.45, 2.75) is 25.3 Å². The Hall–Kier alpha value is -4.91. The Kier molecular flexibility index (Phi) is 5.10. The first-order chi connectivity index (χ1) is 19.0. The van der Waals surface area contributed by atoms with Gasteiger partial charge in [-0.25, -0.2) is 15.0 Å². The lowest BCUT2D eigenvalue weighted by Gasteiger charge is -2.33. The third-order valence-corrected chi connectivity index (χ3v) is 8.06. The third-order valence-electron chi connectivity index (χ3n) is 7.18. The molecule has 7 rings (SSSR count). The number of amides is 3. The molecule has 0 fully saturated rings. The van der Waals surface area contributed by atoms with Gasteiger partial charge in [0.1, 0.15) is 29.6 Å². The molecule has 12 nitrogen and oxygen atoms in total. The summed E-state index contributed by atoms with van der Waals surface area (Å²) in [5.74, 6) is -0.235. The van der Waals surface area contributed by atoms with Crippen molar-refractivity contribution in [1.82, 2.24) is 35.0 Å². The predicted molar refractivity (Wildman–Crippen MR) is 143 cm³/mol. The number of imidazole rings is 1. The second-order valence-corrected chi connectivity index (χ2v) is 10.4. The van der Waals surface area contributed by atoms with Crippen LogP contribution in [0, 0.1) is 6.92 Å². The number of rotatable bonds is 5. The second kappa shape index (κ2) is 8.56. The molecule has 0 bridgehead atoms. The van der Waals surface area contributed by atoms with Gasteiger partial charge in [0.15, 0.2) is 11.5 Å². The van der Waals surface area contributed by atoms with E-state index >= 15 is 0 Å². The predicted octanol–water partition coefficient (Wildman–Crippen LogP) is 2.20. The average Bonchev–Trinajstić information content (AvgIpc) is 3.72. The van der Waals surface area contributed by atoms with Crippen molar-refractivity contribution in [1.29, 1.82) is 0 Å². The van der Waals surface area contributed by atoms with Crippen molar-refractivity contribution in [2.75, 3.05) is 16.8 Å². The minimum atomic E-state index is -1.34. The molecular weight excluding hydrogens is 518 g/mol. The van der Waals surface area contributed by atoms with Crippen LogP contribution < -0.4 is 15.5 Å². The number of aromatic nitrogens is 6. The molecule has 194 valence electrons. The Balaban J connectivity index is 1.34. The van der Waals surface area contributed by atoms with Gasteiger partial charge in [-0.15, -0.1) is 11.3 Å². The van der Waals surface area contributed by atoms with Crippen LogP contribution in [0.5, 0.6) is 0 Å². The molecule has 13 heteroatoms. The molecular formula is C26H21N9O3S.